The maximum Gasteiger partial charge on any atom is 0.189 e. The molecule has 4 heteroatoms. The van der Waals surface area contributed by atoms with Crippen LogP contribution in [0.15, 0.2) is 30.3 Å². The van der Waals surface area contributed by atoms with Gasteiger partial charge in [-0.1, -0.05) is 17.7 Å². The standard InChI is InChI=1S/C18H20ClNO2/c1-12-4-13(2)6-17(5-12)20(3)9-14-7-16(19)8-15-10-21-11-22-18(14)15/h4-8H,9-11H2,1-3H3. The normalized spacial score (nSPS) is 13.5. The Kier molecular flexibility index (Phi) is 4.27. The summed E-state index contributed by atoms with van der Waals surface area (Å²) < 4.78 is 11.0. The Hall–Kier alpha value is -1.71. The van der Waals surface area contributed by atoms with Crippen LogP contribution >= 0.6 is 11.6 Å². The molecule has 0 saturated heterocycles. The molecule has 0 fully saturated rings. The lowest BCUT2D eigenvalue weighted by Gasteiger charge is -2.25. The Morgan fingerprint density at radius 1 is 1.09 bits per heavy atom. The molecule has 3 rings (SSSR count). The molecule has 2 aromatic rings. The molecular weight excluding hydrogens is 298 g/mol. The van der Waals surface area contributed by atoms with Crippen LogP contribution in [0.5, 0.6) is 5.75 Å². The van der Waals surface area contributed by atoms with Gasteiger partial charge in [-0.2, -0.15) is 0 Å². The SMILES string of the molecule is Cc1cc(C)cc(N(C)Cc2cc(Cl)cc3c2OCOC3)c1. The molecule has 0 unspecified atom stereocenters. The number of fused-ring (bicyclic) bond motifs is 1. The van der Waals surface area contributed by atoms with Crippen molar-refractivity contribution in [2.45, 2.75) is 27.0 Å². The number of rotatable bonds is 3. The van der Waals surface area contributed by atoms with Gasteiger partial charge in [0.1, 0.15) is 5.75 Å². The van der Waals surface area contributed by atoms with Crippen LogP contribution in [0.1, 0.15) is 22.3 Å². The Morgan fingerprint density at radius 2 is 1.82 bits per heavy atom. The molecule has 0 radical (unpaired) electrons. The molecule has 2 aromatic carbocycles. The Morgan fingerprint density at radius 3 is 2.55 bits per heavy atom. The highest BCUT2D eigenvalue weighted by Gasteiger charge is 2.17. The van der Waals surface area contributed by atoms with Gasteiger partial charge in [-0.05, 0) is 49.2 Å². The molecular formula is C18H20ClNO2. The van der Waals surface area contributed by atoms with Gasteiger partial charge < -0.3 is 14.4 Å². The lowest BCUT2D eigenvalue weighted by atomic mass is 10.1. The van der Waals surface area contributed by atoms with Crippen molar-refractivity contribution >= 4 is 17.3 Å². The van der Waals surface area contributed by atoms with Crippen LogP contribution in [0.4, 0.5) is 5.69 Å². The molecule has 0 amide bonds. The smallest absolute Gasteiger partial charge is 0.189 e. The summed E-state index contributed by atoms with van der Waals surface area (Å²) in [6.45, 7) is 5.83. The van der Waals surface area contributed by atoms with Crippen molar-refractivity contribution in [3.05, 3.63) is 57.6 Å². The third kappa shape index (κ3) is 3.21. The van der Waals surface area contributed by atoms with E-state index in [1.165, 1.54) is 16.8 Å². The maximum atomic E-state index is 6.23. The number of nitrogens with zero attached hydrogens (tertiary/aromatic N) is 1. The van der Waals surface area contributed by atoms with Crippen LogP contribution in [-0.4, -0.2) is 13.8 Å². The van der Waals surface area contributed by atoms with E-state index in [-0.39, 0.29) is 0 Å². The van der Waals surface area contributed by atoms with E-state index in [0.29, 0.717) is 13.4 Å². The fraction of sp³-hybridized carbons (Fsp3) is 0.333. The molecule has 0 aliphatic carbocycles. The van der Waals surface area contributed by atoms with Crippen molar-refractivity contribution in [2.24, 2.45) is 0 Å². The zero-order chi connectivity index (χ0) is 15.7. The number of benzene rings is 2. The molecule has 1 heterocycles. The molecule has 0 bridgehead atoms. The van der Waals surface area contributed by atoms with Crippen molar-refractivity contribution in [3.63, 3.8) is 0 Å². The zero-order valence-corrected chi connectivity index (χ0v) is 13.9. The average Bonchev–Trinajstić information content (AvgIpc) is 2.46. The van der Waals surface area contributed by atoms with Crippen LogP contribution in [0, 0.1) is 13.8 Å². The van der Waals surface area contributed by atoms with Crippen molar-refractivity contribution < 1.29 is 9.47 Å². The first-order chi connectivity index (χ1) is 10.5. The second kappa shape index (κ2) is 6.19. The van der Waals surface area contributed by atoms with E-state index in [0.717, 1.165) is 28.4 Å². The molecule has 0 spiro atoms. The first kappa shape index (κ1) is 15.2. The van der Waals surface area contributed by atoms with Crippen molar-refractivity contribution in [1.82, 2.24) is 0 Å². The summed E-state index contributed by atoms with van der Waals surface area (Å²) in [4.78, 5) is 2.21. The summed E-state index contributed by atoms with van der Waals surface area (Å²) in [5, 5.41) is 0.719. The highest BCUT2D eigenvalue weighted by Crippen LogP contribution is 2.33. The zero-order valence-electron chi connectivity index (χ0n) is 13.1. The maximum absolute atomic E-state index is 6.23. The Labute approximate surface area is 136 Å². The van der Waals surface area contributed by atoms with E-state index in [1.54, 1.807) is 0 Å². The largest absolute Gasteiger partial charge is 0.467 e. The minimum atomic E-state index is 0.300. The van der Waals surface area contributed by atoms with Gasteiger partial charge in [0.2, 0.25) is 0 Å². The number of aryl methyl sites for hydroxylation is 2. The van der Waals surface area contributed by atoms with Crippen molar-refractivity contribution in [2.75, 3.05) is 18.7 Å². The molecule has 1 aliphatic rings. The molecule has 0 aromatic heterocycles. The molecule has 0 N–H and O–H groups in total. The second-order valence-corrected chi connectivity index (χ2v) is 6.30. The summed E-state index contributed by atoms with van der Waals surface area (Å²) >= 11 is 6.23. The first-order valence-corrected chi connectivity index (χ1v) is 7.72. The molecule has 1 aliphatic heterocycles. The Bertz CT molecular complexity index is 679. The van der Waals surface area contributed by atoms with Crippen molar-refractivity contribution in [3.8, 4) is 5.75 Å². The van der Waals surface area contributed by atoms with Crippen LogP contribution in [0.3, 0.4) is 0 Å². The van der Waals surface area contributed by atoms with Gasteiger partial charge in [0.15, 0.2) is 6.79 Å². The third-order valence-electron chi connectivity index (χ3n) is 3.81. The van der Waals surface area contributed by atoms with Gasteiger partial charge in [-0.15, -0.1) is 0 Å². The molecule has 3 nitrogen and oxygen atoms in total. The quantitative estimate of drug-likeness (QED) is 0.834. The number of anilines is 1. The lowest BCUT2D eigenvalue weighted by molar-refractivity contribution is -0.0170. The third-order valence-corrected chi connectivity index (χ3v) is 4.02. The van der Waals surface area contributed by atoms with Gasteiger partial charge in [-0.3, -0.25) is 0 Å². The number of hydrogen-bond donors (Lipinski definition) is 0. The molecule has 0 saturated carbocycles. The predicted octanol–water partition coefficient (Wildman–Crippen LogP) is 4.46. The predicted molar refractivity (Wildman–Crippen MR) is 89.8 cm³/mol. The highest BCUT2D eigenvalue weighted by molar-refractivity contribution is 6.30. The fourth-order valence-electron chi connectivity index (χ4n) is 2.89. The van der Waals surface area contributed by atoms with Crippen LogP contribution in [0.25, 0.3) is 0 Å². The van der Waals surface area contributed by atoms with Gasteiger partial charge in [-0.25, -0.2) is 0 Å². The minimum absolute atomic E-state index is 0.300. The summed E-state index contributed by atoms with van der Waals surface area (Å²) in [6, 6.07) is 10.4. The van der Waals surface area contributed by atoms with Crippen LogP contribution in [-0.2, 0) is 17.9 Å². The van der Waals surface area contributed by atoms with Crippen molar-refractivity contribution in [1.29, 1.82) is 0 Å². The molecule has 22 heavy (non-hydrogen) atoms. The minimum Gasteiger partial charge on any atom is -0.467 e. The van der Waals surface area contributed by atoms with Gasteiger partial charge in [0.05, 0.1) is 6.61 Å². The van der Waals surface area contributed by atoms with E-state index in [4.69, 9.17) is 21.1 Å². The summed E-state index contributed by atoms with van der Waals surface area (Å²) in [5.74, 6) is 0.909. The second-order valence-electron chi connectivity index (χ2n) is 5.87. The van der Waals surface area contributed by atoms with E-state index in [1.807, 2.05) is 12.1 Å². The number of halogens is 1. The number of hydrogen-bond acceptors (Lipinski definition) is 3. The molecule has 116 valence electrons. The summed E-state index contributed by atoms with van der Waals surface area (Å²) in [6.07, 6.45) is 0. The summed E-state index contributed by atoms with van der Waals surface area (Å²) in [5.41, 5.74) is 5.83. The first-order valence-electron chi connectivity index (χ1n) is 7.34. The highest BCUT2D eigenvalue weighted by atomic mass is 35.5. The lowest BCUT2D eigenvalue weighted by Crippen LogP contribution is -2.20. The van der Waals surface area contributed by atoms with Gasteiger partial charge >= 0.3 is 0 Å². The fourth-order valence-corrected chi connectivity index (χ4v) is 3.16. The van der Waals surface area contributed by atoms with E-state index in [9.17, 15) is 0 Å². The summed E-state index contributed by atoms with van der Waals surface area (Å²) in [7, 11) is 2.08. The topological polar surface area (TPSA) is 21.7 Å². The number of ether oxygens (including phenoxy) is 2. The van der Waals surface area contributed by atoms with E-state index < -0.39 is 0 Å². The molecule has 0 atom stereocenters. The van der Waals surface area contributed by atoms with E-state index >= 15 is 0 Å². The van der Waals surface area contributed by atoms with Gasteiger partial charge in [0.25, 0.3) is 0 Å². The average molecular weight is 318 g/mol. The van der Waals surface area contributed by atoms with E-state index in [2.05, 4.69) is 44.0 Å². The Balaban J connectivity index is 1.90. The monoisotopic (exact) mass is 317 g/mol. The van der Waals surface area contributed by atoms with Gasteiger partial charge in [0, 0.05) is 35.4 Å². The van der Waals surface area contributed by atoms with Crippen LogP contribution in [0.2, 0.25) is 5.02 Å². The van der Waals surface area contributed by atoms with Crippen LogP contribution < -0.4 is 9.64 Å².